The average molecular weight is 311 g/mol. The van der Waals surface area contributed by atoms with E-state index in [1.54, 1.807) is 6.20 Å². The molecule has 0 radical (unpaired) electrons. The van der Waals surface area contributed by atoms with Gasteiger partial charge < -0.3 is 15.4 Å². The molecule has 0 aliphatic rings. The Morgan fingerprint density at radius 1 is 1.35 bits per heavy atom. The summed E-state index contributed by atoms with van der Waals surface area (Å²) in [5.41, 5.74) is 2.39. The van der Waals surface area contributed by atoms with Crippen LogP contribution < -0.4 is 5.32 Å². The highest BCUT2D eigenvalue weighted by Gasteiger charge is 2.16. The second-order valence-electron chi connectivity index (χ2n) is 5.26. The van der Waals surface area contributed by atoms with Crippen LogP contribution >= 0.6 is 0 Å². The van der Waals surface area contributed by atoms with Crippen molar-refractivity contribution in [1.29, 1.82) is 0 Å². The van der Waals surface area contributed by atoms with Gasteiger partial charge >= 0.3 is 0 Å². The molecule has 0 aliphatic carbocycles. The van der Waals surface area contributed by atoms with Crippen molar-refractivity contribution in [3.05, 3.63) is 54.0 Å². The van der Waals surface area contributed by atoms with E-state index >= 15 is 0 Å². The summed E-state index contributed by atoms with van der Waals surface area (Å²) in [6.45, 7) is 2.08. The fourth-order valence-electron chi connectivity index (χ4n) is 2.36. The van der Waals surface area contributed by atoms with E-state index in [1.165, 1.54) is 6.33 Å². The Kier molecular flexibility index (Phi) is 4.29. The Labute approximate surface area is 132 Å². The van der Waals surface area contributed by atoms with Crippen LogP contribution in [-0.4, -0.2) is 37.1 Å². The summed E-state index contributed by atoms with van der Waals surface area (Å²) in [4.78, 5) is 27.4. The summed E-state index contributed by atoms with van der Waals surface area (Å²) in [5.74, 6) is 0.0531. The normalized spacial score (nSPS) is 12.3. The van der Waals surface area contributed by atoms with Gasteiger partial charge in [0, 0.05) is 29.4 Å². The third-order valence-corrected chi connectivity index (χ3v) is 3.53. The molecule has 0 fully saturated rings. The predicted molar refractivity (Wildman–Crippen MR) is 84.4 cm³/mol. The number of aliphatic hydroxyl groups excluding tert-OH is 1. The SMILES string of the molecule is Cc1nc(CNC(=O)[C@@H](O)Cc2cnc[nH]2)nc2ccccc12. The maximum atomic E-state index is 11.9. The van der Waals surface area contributed by atoms with Crippen LogP contribution in [0.4, 0.5) is 0 Å². The quantitative estimate of drug-likeness (QED) is 0.649. The number of rotatable bonds is 5. The van der Waals surface area contributed by atoms with Crippen LogP contribution in [0.3, 0.4) is 0 Å². The number of fused-ring (bicyclic) bond motifs is 1. The molecule has 7 heteroatoms. The lowest BCUT2D eigenvalue weighted by atomic mass is 10.2. The number of nitrogens with zero attached hydrogens (tertiary/aromatic N) is 3. The molecular formula is C16H17N5O2. The molecule has 0 spiro atoms. The van der Waals surface area contributed by atoms with Crippen molar-refractivity contribution >= 4 is 16.8 Å². The number of aliphatic hydroxyl groups is 1. The highest BCUT2D eigenvalue weighted by atomic mass is 16.3. The number of amides is 1. The number of aromatic nitrogens is 4. The first-order valence-electron chi connectivity index (χ1n) is 7.29. The first-order chi connectivity index (χ1) is 11.1. The van der Waals surface area contributed by atoms with Gasteiger partial charge in [0.25, 0.3) is 0 Å². The first-order valence-corrected chi connectivity index (χ1v) is 7.29. The lowest BCUT2D eigenvalue weighted by Crippen LogP contribution is -2.36. The molecule has 0 saturated heterocycles. The standard InChI is InChI=1S/C16H17N5O2/c1-10-12-4-2-3-5-13(12)21-15(20-10)8-18-16(23)14(22)6-11-7-17-9-19-11/h2-5,7,9,14,22H,6,8H2,1H3,(H,17,19)(H,18,23)/t14-/m0/s1. The number of carbonyl (C=O) groups excluding carboxylic acids is 1. The topological polar surface area (TPSA) is 104 Å². The lowest BCUT2D eigenvalue weighted by molar-refractivity contribution is -0.129. The molecule has 118 valence electrons. The van der Waals surface area contributed by atoms with E-state index in [0.717, 1.165) is 16.6 Å². The number of hydrogen-bond acceptors (Lipinski definition) is 5. The predicted octanol–water partition coefficient (Wildman–Crippen LogP) is 0.881. The van der Waals surface area contributed by atoms with Gasteiger partial charge in [0.05, 0.1) is 18.4 Å². The summed E-state index contributed by atoms with van der Waals surface area (Å²) < 4.78 is 0. The van der Waals surface area contributed by atoms with Gasteiger partial charge in [-0.2, -0.15) is 0 Å². The molecule has 3 N–H and O–H groups in total. The van der Waals surface area contributed by atoms with Gasteiger partial charge in [0.2, 0.25) is 5.91 Å². The van der Waals surface area contributed by atoms with E-state index in [1.807, 2.05) is 31.2 Å². The van der Waals surface area contributed by atoms with Crippen molar-refractivity contribution in [3.8, 4) is 0 Å². The van der Waals surface area contributed by atoms with Crippen molar-refractivity contribution in [2.75, 3.05) is 0 Å². The average Bonchev–Trinajstić information content (AvgIpc) is 3.05. The molecule has 2 heterocycles. The minimum absolute atomic E-state index is 0.171. The molecule has 0 unspecified atom stereocenters. The van der Waals surface area contributed by atoms with E-state index in [0.29, 0.717) is 11.5 Å². The second kappa shape index (κ2) is 6.53. The molecule has 0 bridgehead atoms. The van der Waals surface area contributed by atoms with Crippen LogP contribution in [0.5, 0.6) is 0 Å². The monoisotopic (exact) mass is 311 g/mol. The number of benzene rings is 1. The summed E-state index contributed by atoms with van der Waals surface area (Å²) >= 11 is 0. The van der Waals surface area contributed by atoms with Crippen molar-refractivity contribution < 1.29 is 9.90 Å². The largest absolute Gasteiger partial charge is 0.383 e. The molecule has 23 heavy (non-hydrogen) atoms. The van der Waals surface area contributed by atoms with Crippen molar-refractivity contribution in [3.63, 3.8) is 0 Å². The minimum Gasteiger partial charge on any atom is -0.383 e. The van der Waals surface area contributed by atoms with Gasteiger partial charge in [-0.3, -0.25) is 4.79 Å². The highest BCUT2D eigenvalue weighted by Crippen LogP contribution is 2.14. The summed E-state index contributed by atoms with van der Waals surface area (Å²) in [6.07, 6.45) is 2.12. The Morgan fingerprint density at radius 3 is 2.96 bits per heavy atom. The van der Waals surface area contributed by atoms with Crippen LogP contribution in [0.15, 0.2) is 36.8 Å². The smallest absolute Gasteiger partial charge is 0.249 e. The van der Waals surface area contributed by atoms with Crippen molar-refractivity contribution in [2.45, 2.75) is 26.0 Å². The Morgan fingerprint density at radius 2 is 2.17 bits per heavy atom. The molecule has 3 aromatic rings. The number of imidazole rings is 1. The fourth-order valence-corrected chi connectivity index (χ4v) is 2.36. The zero-order valence-electron chi connectivity index (χ0n) is 12.7. The van der Waals surface area contributed by atoms with Crippen LogP contribution in [-0.2, 0) is 17.8 Å². The van der Waals surface area contributed by atoms with E-state index in [9.17, 15) is 9.90 Å². The molecule has 3 rings (SSSR count). The zero-order chi connectivity index (χ0) is 16.2. The molecule has 7 nitrogen and oxygen atoms in total. The maximum absolute atomic E-state index is 11.9. The second-order valence-corrected chi connectivity index (χ2v) is 5.26. The summed E-state index contributed by atoms with van der Waals surface area (Å²) in [5, 5.41) is 13.5. The Hall–Kier alpha value is -2.80. The van der Waals surface area contributed by atoms with Crippen LogP contribution in [0, 0.1) is 6.92 Å². The number of carbonyl (C=O) groups is 1. The molecule has 0 saturated carbocycles. The Bertz CT molecular complexity index is 816. The van der Waals surface area contributed by atoms with E-state index in [-0.39, 0.29) is 13.0 Å². The van der Waals surface area contributed by atoms with Gasteiger partial charge in [-0.1, -0.05) is 18.2 Å². The van der Waals surface area contributed by atoms with Gasteiger partial charge in [-0.15, -0.1) is 0 Å². The van der Waals surface area contributed by atoms with E-state index in [4.69, 9.17) is 0 Å². The van der Waals surface area contributed by atoms with Gasteiger partial charge in [0.1, 0.15) is 11.9 Å². The van der Waals surface area contributed by atoms with Crippen molar-refractivity contribution in [1.82, 2.24) is 25.3 Å². The van der Waals surface area contributed by atoms with Crippen LogP contribution in [0.2, 0.25) is 0 Å². The summed E-state index contributed by atoms with van der Waals surface area (Å²) in [7, 11) is 0. The third-order valence-electron chi connectivity index (χ3n) is 3.53. The molecule has 0 aliphatic heterocycles. The zero-order valence-corrected chi connectivity index (χ0v) is 12.7. The highest BCUT2D eigenvalue weighted by molar-refractivity contribution is 5.81. The molecule has 1 atom stereocenters. The number of aromatic amines is 1. The lowest BCUT2D eigenvalue weighted by Gasteiger charge is -2.11. The van der Waals surface area contributed by atoms with Crippen LogP contribution in [0.25, 0.3) is 10.9 Å². The number of para-hydroxylation sites is 1. The van der Waals surface area contributed by atoms with Gasteiger partial charge in [0.15, 0.2) is 0 Å². The summed E-state index contributed by atoms with van der Waals surface area (Å²) in [6, 6.07) is 7.71. The van der Waals surface area contributed by atoms with E-state index in [2.05, 4.69) is 25.3 Å². The fraction of sp³-hybridized carbons (Fsp3) is 0.250. The Balaban J connectivity index is 1.64. The van der Waals surface area contributed by atoms with Gasteiger partial charge in [-0.25, -0.2) is 15.0 Å². The number of aryl methyl sites for hydroxylation is 1. The first kappa shape index (κ1) is 15.1. The van der Waals surface area contributed by atoms with E-state index < -0.39 is 12.0 Å². The molecular weight excluding hydrogens is 294 g/mol. The molecule has 2 aromatic heterocycles. The number of nitrogens with one attached hydrogen (secondary N) is 2. The minimum atomic E-state index is -1.14. The van der Waals surface area contributed by atoms with Crippen molar-refractivity contribution in [2.24, 2.45) is 0 Å². The van der Waals surface area contributed by atoms with Gasteiger partial charge in [-0.05, 0) is 13.0 Å². The number of H-pyrrole nitrogens is 1. The maximum Gasteiger partial charge on any atom is 0.249 e. The van der Waals surface area contributed by atoms with Crippen LogP contribution in [0.1, 0.15) is 17.2 Å². The third kappa shape index (κ3) is 3.51. The number of hydrogen-bond donors (Lipinski definition) is 3. The molecule has 1 aromatic carbocycles. The molecule has 1 amide bonds.